The molecule has 0 saturated carbocycles. The molecule has 1 aromatic rings. The highest BCUT2D eigenvalue weighted by atomic mass is 32.2. The Hall–Kier alpha value is -1.21. The Morgan fingerprint density at radius 2 is 1.94 bits per heavy atom. The van der Waals surface area contributed by atoms with Gasteiger partial charge < -0.3 is 10.4 Å². The number of sulfone groups is 1. The number of hydrogen-bond donors (Lipinski definition) is 2. The normalized spacial score (nSPS) is 13.7. The molecule has 0 spiro atoms. The summed E-state index contributed by atoms with van der Waals surface area (Å²) in [6.45, 7) is -0.412. The van der Waals surface area contributed by atoms with E-state index in [0.717, 1.165) is 6.26 Å². The standard InChI is InChI=1S/C10H13F2NO3S/c1-17(15,16)9-5-3-2-4-7(9)13-6-8(14)10(11)12/h2-5,8,10,13-14H,6H2,1H3. The van der Waals surface area contributed by atoms with Crippen LogP contribution >= 0.6 is 0 Å². The number of aliphatic hydroxyl groups excluding tert-OH is 1. The lowest BCUT2D eigenvalue weighted by atomic mass is 10.3. The van der Waals surface area contributed by atoms with Crippen molar-refractivity contribution in [3.05, 3.63) is 24.3 Å². The number of nitrogens with one attached hydrogen (secondary N) is 1. The molecule has 1 unspecified atom stereocenters. The first-order valence-electron chi connectivity index (χ1n) is 4.81. The van der Waals surface area contributed by atoms with E-state index in [2.05, 4.69) is 5.32 Å². The molecular weight excluding hydrogens is 252 g/mol. The third-order valence-electron chi connectivity index (χ3n) is 2.08. The van der Waals surface area contributed by atoms with E-state index in [4.69, 9.17) is 5.11 Å². The topological polar surface area (TPSA) is 66.4 Å². The smallest absolute Gasteiger partial charge is 0.265 e. The highest BCUT2D eigenvalue weighted by Crippen LogP contribution is 2.20. The van der Waals surface area contributed by atoms with Gasteiger partial charge in [-0.2, -0.15) is 0 Å². The molecule has 0 aliphatic rings. The Balaban J connectivity index is 2.85. The molecule has 0 aliphatic carbocycles. The molecule has 0 bridgehead atoms. The van der Waals surface area contributed by atoms with Gasteiger partial charge in [-0.05, 0) is 12.1 Å². The number of anilines is 1. The second-order valence-electron chi connectivity index (χ2n) is 3.55. The predicted molar refractivity (Wildman–Crippen MR) is 60.1 cm³/mol. The SMILES string of the molecule is CS(=O)(=O)c1ccccc1NCC(O)C(F)F. The second kappa shape index (κ2) is 5.42. The molecule has 2 N–H and O–H groups in total. The van der Waals surface area contributed by atoms with Crippen LogP contribution < -0.4 is 5.32 Å². The first-order valence-corrected chi connectivity index (χ1v) is 6.70. The van der Waals surface area contributed by atoms with E-state index < -0.39 is 28.9 Å². The number of benzene rings is 1. The third kappa shape index (κ3) is 3.94. The molecule has 4 nitrogen and oxygen atoms in total. The zero-order valence-electron chi connectivity index (χ0n) is 9.10. The van der Waals surface area contributed by atoms with Crippen LogP contribution in [0.25, 0.3) is 0 Å². The van der Waals surface area contributed by atoms with Crippen LogP contribution in [-0.4, -0.2) is 38.9 Å². The second-order valence-corrected chi connectivity index (χ2v) is 5.54. The third-order valence-corrected chi connectivity index (χ3v) is 3.23. The van der Waals surface area contributed by atoms with E-state index in [1.165, 1.54) is 18.2 Å². The van der Waals surface area contributed by atoms with Gasteiger partial charge in [0.25, 0.3) is 6.43 Å². The van der Waals surface area contributed by atoms with Crippen molar-refractivity contribution in [2.45, 2.75) is 17.4 Å². The van der Waals surface area contributed by atoms with Crippen molar-refractivity contribution in [1.29, 1.82) is 0 Å². The van der Waals surface area contributed by atoms with Crippen LogP contribution in [0.3, 0.4) is 0 Å². The lowest BCUT2D eigenvalue weighted by Crippen LogP contribution is -2.27. The van der Waals surface area contributed by atoms with Gasteiger partial charge in [0, 0.05) is 12.8 Å². The molecule has 0 aromatic heterocycles. The van der Waals surface area contributed by atoms with Crippen LogP contribution in [0.1, 0.15) is 0 Å². The van der Waals surface area contributed by atoms with Crippen molar-refractivity contribution >= 4 is 15.5 Å². The molecule has 0 fully saturated rings. The van der Waals surface area contributed by atoms with Gasteiger partial charge in [-0.3, -0.25) is 0 Å². The molecule has 0 amide bonds. The van der Waals surface area contributed by atoms with Gasteiger partial charge >= 0.3 is 0 Å². The number of aliphatic hydroxyl groups is 1. The van der Waals surface area contributed by atoms with Crippen LogP contribution in [0.5, 0.6) is 0 Å². The number of halogens is 2. The van der Waals surface area contributed by atoms with Crippen molar-refractivity contribution in [3.63, 3.8) is 0 Å². The zero-order chi connectivity index (χ0) is 13.1. The number of para-hydroxylation sites is 1. The summed E-state index contributed by atoms with van der Waals surface area (Å²) in [5.74, 6) is 0. The average Bonchev–Trinajstić information content (AvgIpc) is 2.24. The maximum Gasteiger partial charge on any atom is 0.265 e. The lowest BCUT2D eigenvalue weighted by Gasteiger charge is -2.14. The summed E-state index contributed by atoms with van der Waals surface area (Å²) >= 11 is 0. The Morgan fingerprint density at radius 1 is 1.35 bits per heavy atom. The molecule has 96 valence electrons. The largest absolute Gasteiger partial charge is 0.385 e. The fraction of sp³-hybridized carbons (Fsp3) is 0.400. The predicted octanol–water partition coefficient (Wildman–Crippen LogP) is 1.13. The Morgan fingerprint density at radius 3 is 2.47 bits per heavy atom. The number of rotatable bonds is 5. The van der Waals surface area contributed by atoms with Gasteiger partial charge in [0.1, 0.15) is 6.10 Å². The summed E-state index contributed by atoms with van der Waals surface area (Å²) in [6, 6.07) is 5.93. The average molecular weight is 265 g/mol. The summed E-state index contributed by atoms with van der Waals surface area (Å²) in [5.41, 5.74) is 0.203. The Bertz CT molecular complexity index is 476. The molecule has 17 heavy (non-hydrogen) atoms. The van der Waals surface area contributed by atoms with Gasteiger partial charge in [-0.1, -0.05) is 12.1 Å². The van der Waals surface area contributed by atoms with Crippen molar-refractivity contribution < 1.29 is 22.3 Å². The summed E-state index contributed by atoms with van der Waals surface area (Å²) in [6.07, 6.45) is -3.67. The Kier molecular flexibility index (Phi) is 4.41. The zero-order valence-corrected chi connectivity index (χ0v) is 9.92. The first-order chi connectivity index (χ1) is 7.82. The number of hydrogen-bond acceptors (Lipinski definition) is 4. The van der Waals surface area contributed by atoms with Crippen LogP contribution in [0.4, 0.5) is 14.5 Å². The molecule has 0 saturated heterocycles. The van der Waals surface area contributed by atoms with E-state index >= 15 is 0 Å². The fourth-order valence-corrected chi connectivity index (χ4v) is 2.11. The highest BCUT2D eigenvalue weighted by Gasteiger charge is 2.18. The van der Waals surface area contributed by atoms with Crippen LogP contribution in [0.15, 0.2) is 29.2 Å². The van der Waals surface area contributed by atoms with Crippen LogP contribution in [-0.2, 0) is 9.84 Å². The number of alkyl halides is 2. The van der Waals surface area contributed by atoms with Crippen molar-refractivity contribution in [1.82, 2.24) is 0 Å². The fourth-order valence-electron chi connectivity index (χ4n) is 1.24. The minimum Gasteiger partial charge on any atom is -0.385 e. The van der Waals surface area contributed by atoms with Crippen molar-refractivity contribution in [2.75, 3.05) is 18.1 Å². The minimum absolute atomic E-state index is 0.0152. The van der Waals surface area contributed by atoms with Crippen molar-refractivity contribution in [3.8, 4) is 0 Å². The van der Waals surface area contributed by atoms with Gasteiger partial charge in [0.05, 0.1) is 10.6 Å². The summed E-state index contributed by atoms with van der Waals surface area (Å²) in [7, 11) is -3.43. The first kappa shape index (κ1) is 13.9. The van der Waals surface area contributed by atoms with Gasteiger partial charge in [0.15, 0.2) is 9.84 Å². The Labute approximate surface area is 98.2 Å². The quantitative estimate of drug-likeness (QED) is 0.837. The van der Waals surface area contributed by atoms with Gasteiger partial charge in [-0.15, -0.1) is 0 Å². The van der Waals surface area contributed by atoms with Crippen LogP contribution in [0.2, 0.25) is 0 Å². The van der Waals surface area contributed by atoms with E-state index in [9.17, 15) is 17.2 Å². The molecule has 0 heterocycles. The minimum atomic E-state index is -3.43. The molecular formula is C10H13F2NO3S. The van der Waals surface area contributed by atoms with E-state index in [0.29, 0.717) is 0 Å². The summed E-state index contributed by atoms with van der Waals surface area (Å²) < 4.78 is 46.9. The summed E-state index contributed by atoms with van der Waals surface area (Å²) in [4.78, 5) is 0.0152. The van der Waals surface area contributed by atoms with Gasteiger partial charge in [-0.25, -0.2) is 17.2 Å². The van der Waals surface area contributed by atoms with Gasteiger partial charge in [0.2, 0.25) is 0 Å². The molecule has 0 aliphatic heterocycles. The van der Waals surface area contributed by atoms with Crippen LogP contribution in [0, 0.1) is 0 Å². The molecule has 1 atom stereocenters. The van der Waals surface area contributed by atoms with E-state index in [1.54, 1.807) is 6.07 Å². The summed E-state index contributed by atoms with van der Waals surface area (Å²) in [5, 5.41) is 11.4. The maximum atomic E-state index is 12.1. The maximum absolute atomic E-state index is 12.1. The highest BCUT2D eigenvalue weighted by molar-refractivity contribution is 7.90. The molecule has 0 radical (unpaired) electrons. The van der Waals surface area contributed by atoms with E-state index in [-0.39, 0.29) is 10.6 Å². The van der Waals surface area contributed by atoms with Crippen molar-refractivity contribution in [2.24, 2.45) is 0 Å². The molecule has 1 aromatic carbocycles. The van der Waals surface area contributed by atoms with E-state index in [1.807, 2.05) is 0 Å². The molecule has 1 rings (SSSR count). The molecule has 7 heteroatoms. The lowest BCUT2D eigenvalue weighted by molar-refractivity contribution is 0.00382. The monoisotopic (exact) mass is 265 g/mol.